The molecule has 0 bridgehead atoms. The van der Waals surface area contributed by atoms with Crippen LogP contribution in [0.3, 0.4) is 0 Å². The summed E-state index contributed by atoms with van der Waals surface area (Å²) in [7, 11) is 0. The molecule has 1 unspecified atom stereocenters. The van der Waals surface area contributed by atoms with Gasteiger partial charge in [-0.2, -0.15) is 0 Å². The fourth-order valence-corrected chi connectivity index (χ4v) is 2.64. The summed E-state index contributed by atoms with van der Waals surface area (Å²) in [4.78, 5) is 0. The van der Waals surface area contributed by atoms with Gasteiger partial charge < -0.3 is 5.11 Å². The van der Waals surface area contributed by atoms with Crippen molar-refractivity contribution in [2.24, 2.45) is 0 Å². The molecule has 0 heterocycles. The van der Waals surface area contributed by atoms with Gasteiger partial charge in [0.15, 0.2) is 0 Å². The van der Waals surface area contributed by atoms with Gasteiger partial charge in [0.25, 0.3) is 0 Å². The maximum absolute atomic E-state index is 10.3. The molecule has 1 aromatic carbocycles. The first kappa shape index (κ1) is 11.4. The van der Waals surface area contributed by atoms with Crippen molar-refractivity contribution in [2.45, 2.75) is 45.6 Å². The maximum atomic E-state index is 10.3. The van der Waals surface area contributed by atoms with Crippen LogP contribution < -0.4 is 0 Å². The van der Waals surface area contributed by atoms with E-state index in [-0.39, 0.29) is 6.10 Å². The van der Waals surface area contributed by atoms with Crippen molar-refractivity contribution < 1.29 is 5.11 Å². The first-order valence-electron chi connectivity index (χ1n) is 6.28. The van der Waals surface area contributed by atoms with E-state index in [0.29, 0.717) is 0 Å². The van der Waals surface area contributed by atoms with Gasteiger partial charge in [-0.05, 0) is 35.1 Å². The molecule has 0 saturated carbocycles. The molecule has 1 aliphatic rings. The molecule has 1 N–H and O–H groups in total. The highest BCUT2D eigenvalue weighted by Crippen LogP contribution is 2.44. The maximum Gasteiger partial charge on any atom is 0.101 e. The first-order chi connectivity index (χ1) is 7.79. The molecule has 0 fully saturated rings. The minimum absolute atomic E-state index is 0.349. The van der Waals surface area contributed by atoms with Gasteiger partial charge >= 0.3 is 0 Å². The molecule has 0 saturated heterocycles. The van der Waals surface area contributed by atoms with Crippen LogP contribution in [0.5, 0.6) is 0 Å². The van der Waals surface area contributed by atoms with Crippen LogP contribution >= 0.6 is 0 Å². The highest BCUT2D eigenvalue weighted by Gasteiger charge is 2.27. The lowest BCUT2D eigenvalue weighted by atomic mass is 9.99. The number of benzene rings is 1. The fourth-order valence-electron chi connectivity index (χ4n) is 2.64. The van der Waals surface area contributed by atoms with E-state index in [0.717, 1.165) is 31.2 Å². The predicted octanol–water partition coefficient (Wildman–Crippen LogP) is 4.09. The van der Waals surface area contributed by atoms with Crippen molar-refractivity contribution in [3.05, 3.63) is 41.0 Å². The van der Waals surface area contributed by atoms with Gasteiger partial charge in [-0.25, -0.2) is 0 Å². The van der Waals surface area contributed by atoms with E-state index in [1.165, 1.54) is 16.7 Å². The van der Waals surface area contributed by atoms with E-state index in [4.69, 9.17) is 0 Å². The first-order valence-corrected chi connectivity index (χ1v) is 6.28. The van der Waals surface area contributed by atoms with E-state index < -0.39 is 0 Å². The highest BCUT2D eigenvalue weighted by atomic mass is 16.3. The molecule has 0 aromatic heterocycles. The Labute approximate surface area is 97.8 Å². The standard InChI is InChI=1S/C15H20O/c1-3-7-11-12-9-5-6-10-14(12)15(16)13(11)8-4-2/h5-6,9-10,15-16H,3-4,7-8H2,1-2H3. The molecule has 0 aliphatic heterocycles. The largest absolute Gasteiger partial charge is 0.384 e. The average molecular weight is 216 g/mol. The second kappa shape index (κ2) is 4.84. The Hall–Kier alpha value is -1.08. The van der Waals surface area contributed by atoms with Crippen molar-refractivity contribution in [2.75, 3.05) is 0 Å². The average Bonchev–Trinajstić information content (AvgIpc) is 2.57. The normalized spacial score (nSPS) is 19.1. The summed E-state index contributed by atoms with van der Waals surface area (Å²) < 4.78 is 0. The molecule has 0 radical (unpaired) electrons. The predicted molar refractivity (Wildman–Crippen MR) is 68.1 cm³/mol. The Morgan fingerprint density at radius 3 is 2.44 bits per heavy atom. The topological polar surface area (TPSA) is 20.2 Å². The molecule has 0 amide bonds. The Kier molecular flexibility index (Phi) is 3.45. The molecule has 86 valence electrons. The van der Waals surface area contributed by atoms with Gasteiger partial charge in [-0.15, -0.1) is 0 Å². The molecule has 1 aliphatic carbocycles. The van der Waals surface area contributed by atoms with Crippen LogP contribution in [0.4, 0.5) is 0 Å². The minimum atomic E-state index is -0.349. The van der Waals surface area contributed by atoms with Gasteiger partial charge in [-0.1, -0.05) is 51.0 Å². The third-order valence-electron chi connectivity index (χ3n) is 3.32. The fraction of sp³-hybridized carbons (Fsp3) is 0.467. The SMILES string of the molecule is CCCC1=C(CCC)C(O)c2ccccc21. The molecule has 0 spiro atoms. The van der Waals surface area contributed by atoms with E-state index in [1.807, 2.05) is 6.07 Å². The number of fused-ring (bicyclic) bond motifs is 1. The van der Waals surface area contributed by atoms with Crippen LogP contribution in [0.1, 0.15) is 56.8 Å². The molecule has 1 nitrogen and oxygen atoms in total. The third-order valence-corrected chi connectivity index (χ3v) is 3.32. The number of aliphatic hydroxyl groups excluding tert-OH is 1. The van der Waals surface area contributed by atoms with Crippen molar-refractivity contribution in [1.82, 2.24) is 0 Å². The Balaban J connectivity index is 2.44. The summed E-state index contributed by atoms with van der Waals surface area (Å²) in [5.74, 6) is 0. The number of hydrogen-bond acceptors (Lipinski definition) is 1. The lowest BCUT2D eigenvalue weighted by molar-refractivity contribution is 0.215. The Morgan fingerprint density at radius 1 is 1.06 bits per heavy atom. The van der Waals surface area contributed by atoms with Crippen molar-refractivity contribution in [3.63, 3.8) is 0 Å². The highest BCUT2D eigenvalue weighted by molar-refractivity contribution is 5.77. The minimum Gasteiger partial charge on any atom is -0.384 e. The van der Waals surface area contributed by atoms with E-state index in [9.17, 15) is 5.11 Å². The number of allylic oxidation sites excluding steroid dienone is 1. The molecule has 1 heteroatoms. The van der Waals surface area contributed by atoms with Crippen LogP contribution in [0.15, 0.2) is 29.8 Å². The zero-order valence-electron chi connectivity index (χ0n) is 10.2. The van der Waals surface area contributed by atoms with Crippen LogP contribution in [0.25, 0.3) is 5.57 Å². The second-order valence-electron chi connectivity index (χ2n) is 4.49. The monoisotopic (exact) mass is 216 g/mol. The summed E-state index contributed by atoms with van der Waals surface area (Å²) in [6, 6.07) is 8.28. The summed E-state index contributed by atoms with van der Waals surface area (Å²) in [6.07, 6.45) is 4.00. The van der Waals surface area contributed by atoms with Gasteiger partial charge in [0.1, 0.15) is 6.10 Å². The summed E-state index contributed by atoms with van der Waals surface area (Å²) in [5.41, 5.74) is 5.03. The van der Waals surface area contributed by atoms with Crippen LogP contribution in [-0.2, 0) is 0 Å². The zero-order chi connectivity index (χ0) is 11.5. The molecule has 1 aromatic rings. The summed E-state index contributed by atoms with van der Waals surface area (Å²) in [5, 5.41) is 10.3. The van der Waals surface area contributed by atoms with Crippen LogP contribution in [0.2, 0.25) is 0 Å². The third kappa shape index (κ3) is 1.80. The lowest BCUT2D eigenvalue weighted by Gasteiger charge is -2.09. The number of hydrogen-bond donors (Lipinski definition) is 1. The molecular weight excluding hydrogens is 196 g/mol. The molecular formula is C15H20O. The Bertz CT molecular complexity index is 404. The summed E-state index contributed by atoms with van der Waals surface area (Å²) >= 11 is 0. The van der Waals surface area contributed by atoms with Crippen molar-refractivity contribution in [1.29, 1.82) is 0 Å². The lowest BCUT2D eigenvalue weighted by Crippen LogP contribution is -1.96. The Morgan fingerprint density at radius 2 is 1.75 bits per heavy atom. The molecule has 16 heavy (non-hydrogen) atoms. The van der Waals surface area contributed by atoms with Gasteiger partial charge in [0, 0.05) is 0 Å². The van der Waals surface area contributed by atoms with Crippen LogP contribution in [-0.4, -0.2) is 5.11 Å². The van der Waals surface area contributed by atoms with Gasteiger partial charge in [0.05, 0.1) is 0 Å². The summed E-state index contributed by atoms with van der Waals surface area (Å²) in [6.45, 7) is 4.37. The smallest absolute Gasteiger partial charge is 0.101 e. The number of aliphatic hydroxyl groups is 1. The zero-order valence-corrected chi connectivity index (χ0v) is 10.2. The molecule has 2 rings (SSSR count). The van der Waals surface area contributed by atoms with Crippen molar-refractivity contribution >= 4 is 5.57 Å². The van der Waals surface area contributed by atoms with E-state index in [1.54, 1.807) is 0 Å². The number of rotatable bonds is 4. The second-order valence-corrected chi connectivity index (χ2v) is 4.49. The van der Waals surface area contributed by atoms with Crippen molar-refractivity contribution in [3.8, 4) is 0 Å². The quantitative estimate of drug-likeness (QED) is 0.803. The molecule has 1 atom stereocenters. The van der Waals surface area contributed by atoms with Gasteiger partial charge in [-0.3, -0.25) is 0 Å². The van der Waals surface area contributed by atoms with E-state index in [2.05, 4.69) is 32.0 Å². The van der Waals surface area contributed by atoms with Gasteiger partial charge in [0.2, 0.25) is 0 Å². The van der Waals surface area contributed by atoms with Crippen LogP contribution in [0, 0.1) is 0 Å². The van der Waals surface area contributed by atoms with E-state index >= 15 is 0 Å².